The molecule has 0 amide bonds. The van der Waals surface area contributed by atoms with Gasteiger partial charge in [0.25, 0.3) is 0 Å². The van der Waals surface area contributed by atoms with Gasteiger partial charge < -0.3 is 5.11 Å². The Hall–Kier alpha value is -0.530. The van der Waals surface area contributed by atoms with Crippen molar-refractivity contribution in [3.05, 3.63) is 34.9 Å². The van der Waals surface area contributed by atoms with Crippen LogP contribution >= 0.6 is 11.6 Å². The van der Waals surface area contributed by atoms with E-state index in [0.717, 1.165) is 17.9 Å². The fourth-order valence-electron chi connectivity index (χ4n) is 1.45. The summed E-state index contributed by atoms with van der Waals surface area (Å²) in [4.78, 5) is 0. The molecule has 0 radical (unpaired) electrons. The van der Waals surface area contributed by atoms with E-state index in [-0.39, 0.29) is 12.5 Å². The van der Waals surface area contributed by atoms with E-state index in [1.165, 1.54) is 5.56 Å². The Labute approximate surface area is 84.4 Å². The van der Waals surface area contributed by atoms with Crippen LogP contribution < -0.4 is 0 Å². The molecule has 1 nitrogen and oxygen atoms in total. The molecule has 1 unspecified atom stereocenters. The average molecular weight is 199 g/mol. The Morgan fingerprint density at radius 1 is 1.31 bits per heavy atom. The normalized spacial score (nSPS) is 12.8. The predicted octanol–water partition coefficient (Wildman–Crippen LogP) is 3.22. The van der Waals surface area contributed by atoms with Crippen molar-refractivity contribution < 1.29 is 5.11 Å². The molecular formula is C11H15ClO. The number of rotatable bonds is 4. The van der Waals surface area contributed by atoms with E-state index in [2.05, 4.69) is 6.92 Å². The molecule has 0 aliphatic heterocycles. The molecule has 0 saturated carbocycles. The van der Waals surface area contributed by atoms with Gasteiger partial charge in [-0.3, -0.25) is 0 Å². The van der Waals surface area contributed by atoms with Gasteiger partial charge in [0, 0.05) is 17.5 Å². The third kappa shape index (κ3) is 3.02. The highest BCUT2D eigenvalue weighted by Gasteiger charge is 2.08. The van der Waals surface area contributed by atoms with Crippen molar-refractivity contribution in [2.24, 2.45) is 0 Å². The van der Waals surface area contributed by atoms with Crippen molar-refractivity contribution in [1.29, 1.82) is 0 Å². The van der Waals surface area contributed by atoms with E-state index >= 15 is 0 Å². The number of hydrogen-bond acceptors (Lipinski definition) is 1. The summed E-state index contributed by atoms with van der Waals surface area (Å²) in [6.07, 6.45) is 2.12. The summed E-state index contributed by atoms with van der Waals surface area (Å²) in [7, 11) is 0. The molecular weight excluding hydrogens is 184 g/mol. The van der Waals surface area contributed by atoms with Gasteiger partial charge in [-0.2, -0.15) is 0 Å². The number of halogens is 1. The Bertz CT molecular complexity index is 243. The summed E-state index contributed by atoms with van der Waals surface area (Å²) in [5.41, 5.74) is 1.17. The van der Waals surface area contributed by atoms with E-state index in [1.807, 2.05) is 24.3 Å². The average Bonchev–Trinajstić information content (AvgIpc) is 2.16. The first kappa shape index (κ1) is 10.6. The lowest BCUT2D eigenvalue weighted by atomic mass is 9.96. The highest BCUT2D eigenvalue weighted by molar-refractivity contribution is 6.30. The zero-order valence-corrected chi connectivity index (χ0v) is 8.59. The monoisotopic (exact) mass is 198 g/mol. The Balaban J connectivity index is 2.73. The topological polar surface area (TPSA) is 20.2 Å². The molecule has 0 heterocycles. The van der Waals surface area contributed by atoms with Gasteiger partial charge in [0.05, 0.1) is 0 Å². The molecule has 1 aromatic rings. The van der Waals surface area contributed by atoms with Crippen molar-refractivity contribution in [3.63, 3.8) is 0 Å². The second-order valence-electron chi connectivity index (χ2n) is 3.22. The molecule has 1 N–H and O–H groups in total. The van der Waals surface area contributed by atoms with E-state index in [9.17, 15) is 0 Å². The summed E-state index contributed by atoms with van der Waals surface area (Å²) < 4.78 is 0. The molecule has 0 saturated heterocycles. The molecule has 0 bridgehead atoms. The first-order valence-corrected chi connectivity index (χ1v) is 5.02. The summed E-state index contributed by atoms with van der Waals surface area (Å²) in [5, 5.41) is 9.89. The summed E-state index contributed by atoms with van der Waals surface area (Å²) in [6, 6.07) is 7.71. The van der Waals surface area contributed by atoms with Crippen molar-refractivity contribution >= 4 is 11.6 Å². The quantitative estimate of drug-likeness (QED) is 0.788. The molecule has 13 heavy (non-hydrogen) atoms. The van der Waals surface area contributed by atoms with Crippen LogP contribution in [0, 0.1) is 0 Å². The molecule has 0 spiro atoms. The first-order valence-electron chi connectivity index (χ1n) is 4.64. The van der Waals surface area contributed by atoms with Crippen LogP contribution in [0.15, 0.2) is 24.3 Å². The van der Waals surface area contributed by atoms with Gasteiger partial charge in [0.2, 0.25) is 0 Å². The lowest BCUT2D eigenvalue weighted by molar-refractivity contribution is 0.258. The van der Waals surface area contributed by atoms with E-state index in [4.69, 9.17) is 16.7 Å². The van der Waals surface area contributed by atoms with Gasteiger partial charge in [-0.15, -0.1) is 0 Å². The van der Waals surface area contributed by atoms with E-state index < -0.39 is 0 Å². The molecule has 1 aromatic carbocycles. The largest absolute Gasteiger partial charge is 0.396 e. The molecule has 0 aliphatic rings. The molecule has 0 aromatic heterocycles. The maximum Gasteiger partial charge on any atom is 0.0499 e. The zero-order chi connectivity index (χ0) is 9.68. The third-order valence-corrected chi connectivity index (χ3v) is 2.45. The van der Waals surface area contributed by atoms with Crippen LogP contribution in [0.3, 0.4) is 0 Å². The van der Waals surface area contributed by atoms with Gasteiger partial charge in [-0.05, 0) is 24.1 Å². The first-order chi connectivity index (χ1) is 6.27. The maximum atomic E-state index is 9.15. The summed E-state index contributed by atoms with van der Waals surface area (Å²) >= 11 is 5.77. The van der Waals surface area contributed by atoms with Gasteiger partial charge >= 0.3 is 0 Å². The standard InChI is InChI=1S/C11H15ClO/c1-2-3-10(8-13)9-4-6-11(12)7-5-9/h4-7,10,13H,2-3,8H2,1H3. The smallest absolute Gasteiger partial charge is 0.0499 e. The van der Waals surface area contributed by atoms with Crippen LogP contribution in [0.2, 0.25) is 5.02 Å². The lowest BCUT2D eigenvalue weighted by Crippen LogP contribution is -2.03. The maximum absolute atomic E-state index is 9.15. The predicted molar refractivity (Wildman–Crippen MR) is 56.2 cm³/mol. The molecule has 72 valence electrons. The van der Waals surface area contributed by atoms with Gasteiger partial charge in [-0.25, -0.2) is 0 Å². The number of hydrogen-bond donors (Lipinski definition) is 1. The van der Waals surface area contributed by atoms with Crippen LogP contribution in [0.5, 0.6) is 0 Å². The Morgan fingerprint density at radius 2 is 1.92 bits per heavy atom. The fraction of sp³-hybridized carbons (Fsp3) is 0.455. The number of aliphatic hydroxyl groups excluding tert-OH is 1. The minimum Gasteiger partial charge on any atom is -0.396 e. The van der Waals surface area contributed by atoms with Gasteiger partial charge in [0.15, 0.2) is 0 Å². The van der Waals surface area contributed by atoms with Crippen LogP contribution in [0.4, 0.5) is 0 Å². The Kier molecular flexibility index (Phi) is 4.26. The SMILES string of the molecule is CCCC(CO)c1ccc(Cl)cc1. The molecule has 0 fully saturated rings. The fourth-order valence-corrected chi connectivity index (χ4v) is 1.57. The minimum atomic E-state index is 0.218. The molecule has 0 aliphatic carbocycles. The van der Waals surface area contributed by atoms with Gasteiger partial charge in [-0.1, -0.05) is 37.1 Å². The van der Waals surface area contributed by atoms with Crippen molar-refractivity contribution in [3.8, 4) is 0 Å². The zero-order valence-electron chi connectivity index (χ0n) is 7.83. The highest BCUT2D eigenvalue weighted by atomic mass is 35.5. The second kappa shape index (κ2) is 5.25. The van der Waals surface area contributed by atoms with E-state index in [0.29, 0.717) is 0 Å². The van der Waals surface area contributed by atoms with Crippen LogP contribution in [-0.2, 0) is 0 Å². The number of aliphatic hydroxyl groups is 1. The van der Waals surface area contributed by atoms with Crippen LogP contribution in [0.1, 0.15) is 31.2 Å². The summed E-state index contributed by atoms with van der Waals surface area (Å²) in [6.45, 7) is 2.34. The van der Waals surface area contributed by atoms with Crippen LogP contribution in [-0.4, -0.2) is 11.7 Å². The van der Waals surface area contributed by atoms with Crippen molar-refractivity contribution in [2.45, 2.75) is 25.7 Å². The van der Waals surface area contributed by atoms with E-state index in [1.54, 1.807) is 0 Å². The lowest BCUT2D eigenvalue weighted by Gasteiger charge is -2.12. The third-order valence-electron chi connectivity index (χ3n) is 2.20. The van der Waals surface area contributed by atoms with Gasteiger partial charge in [0.1, 0.15) is 0 Å². The second-order valence-corrected chi connectivity index (χ2v) is 3.66. The Morgan fingerprint density at radius 3 is 2.38 bits per heavy atom. The highest BCUT2D eigenvalue weighted by Crippen LogP contribution is 2.22. The van der Waals surface area contributed by atoms with Crippen molar-refractivity contribution in [1.82, 2.24) is 0 Å². The number of benzene rings is 1. The molecule has 1 rings (SSSR count). The molecule has 1 atom stereocenters. The van der Waals surface area contributed by atoms with Crippen LogP contribution in [0.25, 0.3) is 0 Å². The van der Waals surface area contributed by atoms with Crippen molar-refractivity contribution in [2.75, 3.05) is 6.61 Å². The minimum absolute atomic E-state index is 0.218. The summed E-state index contributed by atoms with van der Waals surface area (Å²) in [5.74, 6) is 0.266. The molecule has 2 heteroatoms.